The number of likely N-dealkylation sites (tertiary alicyclic amines) is 1. The zero-order chi connectivity index (χ0) is 14.7. The van der Waals surface area contributed by atoms with Gasteiger partial charge in [0.2, 0.25) is 0 Å². The molecule has 0 aromatic carbocycles. The number of fused-ring (bicyclic) bond motifs is 1. The number of nitrogens with zero attached hydrogens (tertiary/aromatic N) is 2. The van der Waals surface area contributed by atoms with Crippen LogP contribution in [0.25, 0.3) is 0 Å². The second-order valence-electron chi connectivity index (χ2n) is 6.26. The Bertz CT molecular complexity index is 485. The number of pyridine rings is 1. The quantitative estimate of drug-likeness (QED) is 0.924. The van der Waals surface area contributed by atoms with Gasteiger partial charge in [-0.1, -0.05) is 13.3 Å². The van der Waals surface area contributed by atoms with Crippen LogP contribution in [0.15, 0.2) is 18.3 Å². The molecule has 1 aliphatic carbocycles. The summed E-state index contributed by atoms with van der Waals surface area (Å²) in [6.45, 7) is 3.95. The third-order valence-electron chi connectivity index (χ3n) is 4.82. The van der Waals surface area contributed by atoms with Crippen LogP contribution in [0.4, 0.5) is 5.82 Å². The molecule has 1 aromatic rings. The predicted molar refractivity (Wildman–Crippen MR) is 84.4 cm³/mol. The van der Waals surface area contributed by atoms with Crippen molar-refractivity contribution in [3.8, 4) is 0 Å². The first-order valence-electron chi connectivity index (χ1n) is 8.30. The molecule has 2 fully saturated rings. The molecule has 0 spiro atoms. The van der Waals surface area contributed by atoms with E-state index >= 15 is 0 Å². The summed E-state index contributed by atoms with van der Waals surface area (Å²) in [5, 5.41) is 3.24. The molecule has 21 heavy (non-hydrogen) atoms. The van der Waals surface area contributed by atoms with E-state index < -0.39 is 0 Å². The molecule has 1 N–H and O–H groups in total. The topological polar surface area (TPSA) is 45.2 Å². The number of hydrogen-bond donors (Lipinski definition) is 1. The average molecular weight is 287 g/mol. The van der Waals surface area contributed by atoms with Crippen molar-refractivity contribution in [2.24, 2.45) is 5.92 Å². The Balaban J connectivity index is 1.69. The van der Waals surface area contributed by atoms with Gasteiger partial charge in [0.05, 0.1) is 5.56 Å². The summed E-state index contributed by atoms with van der Waals surface area (Å²) in [5.41, 5.74) is 0.726. The summed E-state index contributed by atoms with van der Waals surface area (Å²) < 4.78 is 0. The molecule has 1 aliphatic heterocycles. The van der Waals surface area contributed by atoms with E-state index in [2.05, 4.69) is 22.1 Å². The highest BCUT2D eigenvalue weighted by atomic mass is 16.2. The van der Waals surface area contributed by atoms with Gasteiger partial charge in [0.25, 0.3) is 5.91 Å². The Kier molecular flexibility index (Phi) is 4.42. The van der Waals surface area contributed by atoms with E-state index in [-0.39, 0.29) is 5.91 Å². The van der Waals surface area contributed by atoms with Gasteiger partial charge in [-0.2, -0.15) is 0 Å². The molecule has 4 heteroatoms. The zero-order valence-electron chi connectivity index (χ0n) is 12.8. The van der Waals surface area contributed by atoms with Crippen molar-refractivity contribution >= 4 is 11.7 Å². The maximum Gasteiger partial charge on any atom is 0.255 e. The SMILES string of the molecule is CCCNc1ccc(C(=O)N2CCCC3CCCC32)cn1. The maximum atomic E-state index is 12.7. The van der Waals surface area contributed by atoms with Gasteiger partial charge in [-0.3, -0.25) is 4.79 Å². The van der Waals surface area contributed by atoms with Gasteiger partial charge in [0, 0.05) is 25.3 Å². The first-order valence-corrected chi connectivity index (χ1v) is 8.30. The maximum absolute atomic E-state index is 12.7. The molecule has 1 saturated carbocycles. The molecule has 1 amide bonds. The van der Waals surface area contributed by atoms with E-state index in [0.29, 0.717) is 6.04 Å². The van der Waals surface area contributed by atoms with Crippen LogP contribution in [-0.2, 0) is 0 Å². The zero-order valence-corrected chi connectivity index (χ0v) is 12.8. The van der Waals surface area contributed by atoms with Crippen LogP contribution >= 0.6 is 0 Å². The van der Waals surface area contributed by atoms with Crippen LogP contribution in [0.2, 0.25) is 0 Å². The van der Waals surface area contributed by atoms with Crippen molar-refractivity contribution in [1.29, 1.82) is 0 Å². The van der Waals surface area contributed by atoms with Gasteiger partial charge in [-0.05, 0) is 50.2 Å². The van der Waals surface area contributed by atoms with Gasteiger partial charge in [0.15, 0.2) is 0 Å². The lowest BCUT2D eigenvalue weighted by Gasteiger charge is -2.37. The van der Waals surface area contributed by atoms with Crippen LogP contribution in [0.5, 0.6) is 0 Å². The fourth-order valence-electron chi connectivity index (χ4n) is 3.75. The second-order valence-corrected chi connectivity index (χ2v) is 6.26. The second kappa shape index (κ2) is 6.46. The number of nitrogens with one attached hydrogen (secondary N) is 1. The van der Waals surface area contributed by atoms with E-state index in [0.717, 1.165) is 43.2 Å². The molecule has 2 unspecified atom stereocenters. The largest absolute Gasteiger partial charge is 0.370 e. The van der Waals surface area contributed by atoms with Crippen molar-refractivity contribution in [2.75, 3.05) is 18.4 Å². The normalized spacial score (nSPS) is 24.7. The summed E-state index contributed by atoms with van der Waals surface area (Å²) in [4.78, 5) is 19.2. The van der Waals surface area contributed by atoms with E-state index in [1.165, 1.54) is 25.7 Å². The van der Waals surface area contributed by atoms with Crippen LogP contribution in [0.1, 0.15) is 55.8 Å². The first kappa shape index (κ1) is 14.4. The molecule has 3 rings (SSSR count). The van der Waals surface area contributed by atoms with Gasteiger partial charge in [-0.25, -0.2) is 4.98 Å². The van der Waals surface area contributed by atoms with E-state index in [1.807, 2.05) is 12.1 Å². The Morgan fingerprint density at radius 3 is 2.95 bits per heavy atom. The third kappa shape index (κ3) is 3.04. The van der Waals surface area contributed by atoms with Crippen molar-refractivity contribution in [2.45, 2.75) is 51.5 Å². The number of rotatable bonds is 4. The van der Waals surface area contributed by atoms with Gasteiger partial charge < -0.3 is 10.2 Å². The van der Waals surface area contributed by atoms with Crippen molar-refractivity contribution in [3.63, 3.8) is 0 Å². The molecule has 114 valence electrons. The fraction of sp³-hybridized carbons (Fsp3) is 0.647. The van der Waals surface area contributed by atoms with Crippen molar-refractivity contribution in [3.05, 3.63) is 23.9 Å². The molecule has 2 atom stereocenters. The molecule has 1 saturated heterocycles. The van der Waals surface area contributed by atoms with Crippen LogP contribution in [0, 0.1) is 5.92 Å². The number of amides is 1. The van der Waals surface area contributed by atoms with E-state index in [9.17, 15) is 4.79 Å². The molecule has 1 aromatic heterocycles. The number of aromatic nitrogens is 1. The van der Waals surface area contributed by atoms with Crippen molar-refractivity contribution < 1.29 is 4.79 Å². The summed E-state index contributed by atoms with van der Waals surface area (Å²) >= 11 is 0. The van der Waals surface area contributed by atoms with E-state index in [4.69, 9.17) is 0 Å². The smallest absolute Gasteiger partial charge is 0.255 e. The van der Waals surface area contributed by atoms with Crippen LogP contribution < -0.4 is 5.32 Å². The van der Waals surface area contributed by atoms with Gasteiger partial charge in [-0.15, -0.1) is 0 Å². The fourth-order valence-corrected chi connectivity index (χ4v) is 3.75. The molecule has 0 bridgehead atoms. The third-order valence-corrected chi connectivity index (χ3v) is 4.82. The lowest BCUT2D eigenvalue weighted by Crippen LogP contribution is -2.46. The van der Waals surface area contributed by atoms with E-state index in [1.54, 1.807) is 6.20 Å². The van der Waals surface area contributed by atoms with Gasteiger partial charge >= 0.3 is 0 Å². The molecular weight excluding hydrogens is 262 g/mol. The molecule has 2 heterocycles. The minimum Gasteiger partial charge on any atom is -0.370 e. The van der Waals surface area contributed by atoms with Crippen molar-refractivity contribution in [1.82, 2.24) is 9.88 Å². The molecule has 2 aliphatic rings. The minimum atomic E-state index is 0.168. The molecular formula is C17H25N3O. The standard InChI is InChI=1S/C17H25N3O/c1-2-10-18-16-9-8-14(12-19-16)17(21)20-11-4-6-13-5-3-7-15(13)20/h8-9,12-13,15H,2-7,10-11H2,1H3,(H,18,19). The lowest BCUT2D eigenvalue weighted by atomic mass is 9.91. The number of carbonyl (C=O) groups is 1. The highest BCUT2D eigenvalue weighted by molar-refractivity contribution is 5.94. The molecule has 4 nitrogen and oxygen atoms in total. The number of carbonyl (C=O) groups excluding carboxylic acids is 1. The number of piperidine rings is 1. The Morgan fingerprint density at radius 1 is 1.33 bits per heavy atom. The predicted octanol–water partition coefficient (Wildman–Crippen LogP) is 3.31. The summed E-state index contributed by atoms with van der Waals surface area (Å²) in [6, 6.07) is 4.30. The summed E-state index contributed by atoms with van der Waals surface area (Å²) in [7, 11) is 0. The Morgan fingerprint density at radius 2 is 2.19 bits per heavy atom. The summed E-state index contributed by atoms with van der Waals surface area (Å²) in [5.74, 6) is 1.76. The minimum absolute atomic E-state index is 0.168. The highest BCUT2D eigenvalue weighted by Crippen LogP contribution is 2.37. The highest BCUT2D eigenvalue weighted by Gasteiger charge is 2.37. The van der Waals surface area contributed by atoms with Crippen LogP contribution in [-0.4, -0.2) is 34.9 Å². The number of hydrogen-bond acceptors (Lipinski definition) is 3. The molecule has 0 radical (unpaired) electrons. The first-order chi connectivity index (χ1) is 10.3. The lowest BCUT2D eigenvalue weighted by molar-refractivity contribution is 0.0548. The summed E-state index contributed by atoms with van der Waals surface area (Å²) in [6.07, 6.45) is 8.99. The number of anilines is 1. The Labute approximate surface area is 126 Å². The monoisotopic (exact) mass is 287 g/mol. The van der Waals surface area contributed by atoms with Gasteiger partial charge in [0.1, 0.15) is 5.82 Å². The van der Waals surface area contributed by atoms with Crippen LogP contribution in [0.3, 0.4) is 0 Å². The average Bonchev–Trinajstić information content (AvgIpc) is 3.01. The Hall–Kier alpha value is -1.58.